The molecule has 28 heteroatoms. The van der Waals surface area contributed by atoms with Gasteiger partial charge in [-0.15, -0.1) is 0 Å². The van der Waals surface area contributed by atoms with Gasteiger partial charge < -0.3 is 91.0 Å². The largest absolute Gasteiger partial charge is 0.508 e. The number of hydrogen-bond donors (Lipinski definition) is 11. The van der Waals surface area contributed by atoms with Crippen LogP contribution in [-0.2, 0) is 46.3 Å². The molecule has 8 aromatic rings. The van der Waals surface area contributed by atoms with E-state index in [4.69, 9.17) is 64.9 Å². The lowest BCUT2D eigenvalue weighted by Gasteiger charge is -2.19. The van der Waals surface area contributed by atoms with Crippen LogP contribution < -0.4 is 51.8 Å². The molecule has 0 atom stereocenters. The number of amides is 3. The van der Waals surface area contributed by atoms with Crippen LogP contribution in [0.1, 0.15) is 90.1 Å². The summed E-state index contributed by atoms with van der Waals surface area (Å²) in [5.74, 6) is 5.72. The molecule has 0 aliphatic heterocycles. The van der Waals surface area contributed by atoms with E-state index in [0.717, 1.165) is 74.0 Å². The van der Waals surface area contributed by atoms with E-state index < -0.39 is 42.2 Å². The third-order valence-electron chi connectivity index (χ3n) is 12.9. The second-order valence-corrected chi connectivity index (χ2v) is 32.1. The van der Waals surface area contributed by atoms with E-state index in [2.05, 4.69) is 176 Å². The molecule has 0 heterocycles. The van der Waals surface area contributed by atoms with Crippen LogP contribution in [-0.4, -0.2) is 120 Å². The summed E-state index contributed by atoms with van der Waals surface area (Å²) in [4.78, 5) is 34.5. The van der Waals surface area contributed by atoms with Gasteiger partial charge in [0.05, 0.1) is 35.6 Å². The number of hydrogen-bond acceptors (Lipinski definition) is 18. The van der Waals surface area contributed by atoms with Crippen molar-refractivity contribution < 1.29 is 78.0 Å². The van der Waals surface area contributed by atoms with Crippen molar-refractivity contribution in [1.82, 2.24) is 16.0 Å². The topological polar surface area (TPSA) is 325 Å². The summed E-state index contributed by atoms with van der Waals surface area (Å²) in [6.07, 6.45) is 2.66. The van der Waals surface area contributed by atoms with Gasteiger partial charge in [0.15, 0.2) is 11.5 Å². The van der Waals surface area contributed by atoms with Gasteiger partial charge in [0.25, 0.3) is 0 Å². The summed E-state index contributed by atoms with van der Waals surface area (Å²) in [6, 6.07) is 46.9. The lowest BCUT2D eigenvalue weighted by molar-refractivity contribution is 0.0517. The van der Waals surface area contributed by atoms with E-state index in [1.54, 1.807) is 87.0 Å². The molecule has 8 aromatic carbocycles. The van der Waals surface area contributed by atoms with Crippen molar-refractivity contribution in [3.8, 4) is 57.5 Å². The minimum Gasteiger partial charge on any atom is -0.508 e. The third-order valence-corrected chi connectivity index (χ3v) is 17.8. The molecule has 8 rings (SSSR count). The quantitative estimate of drug-likeness (QED) is 0.0192. The molecule has 3 amide bonds. The predicted molar refractivity (Wildman–Crippen MR) is 457 cm³/mol. The summed E-state index contributed by atoms with van der Waals surface area (Å²) >= 11 is 13.3. The number of aromatic hydroxyl groups is 4. The molecule has 0 fully saturated rings. The van der Waals surface area contributed by atoms with Crippen LogP contribution in [0.25, 0.3) is 0 Å². The third kappa shape index (κ3) is 39.4. The van der Waals surface area contributed by atoms with Crippen molar-refractivity contribution in [2.24, 2.45) is 11.5 Å². The van der Waals surface area contributed by atoms with Gasteiger partial charge in [-0.3, -0.25) is 0 Å². The molecule has 0 aliphatic carbocycles. The number of carbonyl (C=O) groups is 3. The first-order chi connectivity index (χ1) is 48.4. The Morgan fingerprint density at radius 2 is 0.631 bits per heavy atom. The Kier molecular flexibility index (Phi) is 41.8. The molecule has 0 aromatic heterocycles. The van der Waals surface area contributed by atoms with Crippen molar-refractivity contribution in [1.29, 1.82) is 0 Å². The fraction of sp³-hybridized carbons (Fsp3) is 0.320. The highest BCUT2D eigenvalue weighted by molar-refractivity contribution is 14.1. The van der Waals surface area contributed by atoms with Crippen molar-refractivity contribution in [3.05, 3.63) is 207 Å². The van der Waals surface area contributed by atoms with Gasteiger partial charge in [0.2, 0.25) is 0 Å². The molecule has 0 radical (unpaired) electrons. The highest BCUT2D eigenvalue weighted by atomic mass is 127. The first kappa shape index (κ1) is 91.5. The lowest BCUT2D eigenvalue weighted by Crippen LogP contribution is -2.33. The Bertz CT molecular complexity index is 3790. The molecule has 0 unspecified atom stereocenters. The van der Waals surface area contributed by atoms with Gasteiger partial charge >= 0.3 is 25.4 Å². The van der Waals surface area contributed by atoms with Gasteiger partial charge in [0, 0.05) is 19.6 Å². The van der Waals surface area contributed by atoms with Crippen LogP contribution in [0.3, 0.4) is 0 Å². The van der Waals surface area contributed by atoms with Gasteiger partial charge in [-0.2, -0.15) is 0 Å². The zero-order chi connectivity index (χ0) is 77.0. The SMILES string of the molecule is CC(C)(C)OC(=O)NCCc1cc(I)c(O)c(I)c1.CC(C)(C)OC(=O)NCCc1ccc(O)cc1.COc1ccc(B(O)O)cc1.COc1ccc(Oc2c(I)cc(CCNC(=O)OC(C)(C)C)cc2I)cc1.NCCc1cc(I)c(Oc2ccc(O)cc2)c(I)c1.NCCc1ccc(O)cc1. The van der Waals surface area contributed by atoms with Crippen LogP contribution in [0.2, 0.25) is 0 Å². The molecule has 0 saturated carbocycles. The number of phenolic OH excluding ortho intramolecular Hbond substituents is 4. The molecule has 0 bridgehead atoms. The van der Waals surface area contributed by atoms with Crippen LogP contribution >= 0.6 is 136 Å². The number of halogens is 6. The van der Waals surface area contributed by atoms with Crippen LogP contribution in [0.4, 0.5) is 14.4 Å². The standard InChI is InChI=1S/C20H23I2NO4.C14H13I2NO2.C13H17I2NO3.C13H19NO3.C8H11NO.C7H9BO3/c1-20(2,3)27-19(24)23-10-9-13-11-16(21)18(17(22)12-13)26-15-7-5-14(25-4)6-8-15;15-12-7-9(5-6-17)8-13(16)14(12)19-11-3-1-10(18)2-4-11;1-13(2,3)19-12(18)16-5-4-8-6-9(14)11(17)10(15)7-8;1-13(2,3)17-12(16)14-9-8-10-4-6-11(15)7-5-10;9-6-5-7-1-3-8(10)4-2-7;1-11-7-4-2-6(3-5-7)8(9)10/h5-8,11-12H,9-10H2,1-4H3,(H,23,24);1-4,7-8,18H,5-6,17H2;6-7,17H,4-5H2,1-3H3,(H,16,18);4-7,15H,8-9H2,1-3H3,(H,14,16);1-4,10H,5-6,9H2;2-5,9-10H,1H3. The minimum absolute atomic E-state index is 0.232. The Morgan fingerprint density at radius 1 is 0.379 bits per heavy atom. The van der Waals surface area contributed by atoms with Crippen molar-refractivity contribution in [3.63, 3.8) is 0 Å². The average Bonchev–Trinajstić information content (AvgIpc) is 0.838. The van der Waals surface area contributed by atoms with Crippen LogP contribution in [0, 0.1) is 21.4 Å². The number of ether oxygens (including phenoxy) is 7. The summed E-state index contributed by atoms with van der Waals surface area (Å²) in [5.41, 5.74) is 15.6. The number of rotatable bonds is 20. The fourth-order valence-electron chi connectivity index (χ4n) is 8.17. The predicted octanol–water partition coefficient (Wildman–Crippen LogP) is 16.1. The van der Waals surface area contributed by atoms with E-state index in [1.807, 2.05) is 123 Å². The smallest absolute Gasteiger partial charge is 0.488 e. The lowest BCUT2D eigenvalue weighted by atomic mass is 9.80. The van der Waals surface area contributed by atoms with Crippen LogP contribution in [0.5, 0.6) is 57.5 Å². The zero-order valence-electron chi connectivity index (χ0n) is 59.3. The van der Waals surface area contributed by atoms with Crippen molar-refractivity contribution in [2.45, 2.75) is 111 Å². The number of nitrogens with one attached hydrogen (secondary N) is 3. The highest BCUT2D eigenvalue weighted by Crippen LogP contribution is 2.36. The number of benzene rings is 8. The number of alkyl carbamates (subject to hydrolysis) is 3. The number of methoxy groups -OCH3 is 2. The van der Waals surface area contributed by atoms with Gasteiger partial charge in [-0.25, -0.2) is 14.4 Å². The average molecular weight is 2090 g/mol. The summed E-state index contributed by atoms with van der Waals surface area (Å²) < 4.78 is 43.2. The number of phenols is 4. The molecule has 0 saturated heterocycles. The van der Waals surface area contributed by atoms with E-state index in [0.29, 0.717) is 80.4 Å². The molecule has 0 aliphatic rings. The van der Waals surface area contributed by atoms with E-state index in [-0.39, 0.29) is 11.5 Å². The molecular weight excluding hydrogens is 2000 g/mol. The van der Waals surface area contributed by atoms with Gasteiger partial charge in [0.1, 0.15) is 62.8 Å². The van der Waals surface area contributed by atoms with Crippen LogP contribution in [0.15, 0.2) is 158 Å². The second kappa shape index (κ2) is 47.0. The zero-order valence-corrected chi connectivity index (χ0v) is 72.3. The summed E-state index contributed by atoms with van der Waals surface area (Å²) in [5, 5.41) is 62.5. The van der Waals surface area contributed by atoms with E-state index in [9.17, 15) is 24.6 Å². The maximum absolute atomic E-state index is 11.7. The fourth-order valence-corrected chi connectivity index (χ4v) is 14.3. The molecule has 0 spiro atoms. The Labute approximate surface area is 687 Å². The van der Waals surface area contributed by atoms with Gasteiger partial charge in [-0.1, -0.05) is 36.4 Å². The molecule has 558 valence electrons. The molecule has 103 heavy (non-hydrogen) atoms. The monoisotopic (exact) mass is 2090 g/mol. The Balaban J connectivity index is 0.000000330. The van der Waals surface area contributed by atoms with E-state index in [1.165, 1.54) is 11.1 Å². The highest BCUT2D eigenvalue weighted by Gasteiger charge is 2.19. The first-order valence-electron chi connectivity index (χ1n) is 32.2. The van der Waals surface area contributed by atoms with Crippen molar-refractivity contribution in [2.75, 3.05) is 46.9 Å². The second-order valence-electron chi connectivity index (χ2n) is 25.2. The summed E-state index contributed by atoms with van der Waals surface area (Å²) in [7, 11) is 1.80. The number of carbonyl (C=O) groups excluding carboxylic acids is 3. The van der Waals surface area contributed by atoms with E-state index >= 15 is 0 Å². The van der Waals surface area contributed by atoms with Gasteiger partial charge in [-0.05, 0) is 398 Å². The normalized spacial score (nSPS) is 10.7. The maximum Gasteiger partial charge on any atom is 0.488 e. The van der Waals surface area contributed by atoms with Crippen molar-refractivity contribution >= 4 is 166 Å². The Morgan fingerprint density at radius 3 is 0.932 bits per heavy atom. The Hall–Kier alpha value is -5.75. The summed E-state index contributed by atoms with van der Waals surface area (Å²) in [6.45, 7) is 19.3. The molecular formula is C75H92BI6N5O16. The first-order valence-corrected chi connectivity index (χ1v) is 38.7. The minimum atomic E-state index is -1.40. The number of nitrogens with two attached hydrogens (primary N) is 2. The maximum atomic E-state index is 11.7. The molecule has 21 nitrogen and oxygen atoms in total. The molecule has 13 N–H and O–H groups in total.